The summed E-state index contributed by atoms with van der Waals surface area (Å²) in [5.41, 5.74) is 0.775. The van der Waals surface area contributed by atoms with Crippen molar-refractivity contribution in [3.8, 4) is 0 Å². The molecule has 6 heteroatoms. The lowest BCUT2D eigenvalue weighted by molar-refractivity contribution is -0.384. The first-order chi connectivity index (χ1) is 8.61. The van der Waals surface area contributed by atoms with Crippen LogP contribution in [0.2, 0.25) is 0 Å². The number of aromatic nitrogens is 1. The molecule has 1 aliphatic carbocycles. The first-order valence-corrected chi connectivity index (χ1v) is 6.03. The van der Waals surface area contributed by atoms with Crippen molar-refractivity contribution in [3.63, 3.8) is 0 Å². The van der Waals surface area contributed by atoms with Gasteiger partial charge in [-0.25, -0.2) is 4.98 Å². The monoisotopic (exact) mass is 251 g/mol. The van der Waals surface area contributed by atoms with Crippen molar-refractivity contribution in [1.82, 2.24) is 4.98 Å². The van der Waals surface area contributed by atoms with E-state index in [0.717, 1.165) is 25.0 Å². The van der Waals surface area contributed by atoms with Gasteiger partial charge in [-0.05, 0) is 32.3 Å². The van der Waals surface area contributed by atoms with Crippen LogP contribution in [0.5, 0.6) is 0 Å². The molecule has 0 aliphatic heterocycles. The summed E-state index contributed by atoms with van der Waals surface area (Å²) in [5.74, 6) is 0.342. The Kier molecular flexibility index (Phi) is 3.76. The van der Waals surface area contributed by atoms with E-state index in [0.29, 0.717) is 5.82 Å². The minimum absolute atomic E-state index is 0.0161. The number of nitrogens with one attached hydrogen (secondary N) is 1. The molecule has 0 amide bonds. The molecule has 2 rings (SSSR count). The third-order valence-electron chi connectivity index (χ3n) is 3.29. The first-order valence-electron chi connectivity index (χ1n) is 6.03. The molecule has 0 spiro atoms. The third-order valence-corrected chi connectivity index (χ3v) is 3.29. The molecule has 1 heterocycles. The zero-order valence-corrected chi connectivity index (χ0v) is 10.5. The molecule has 2 atom stereocenters. The summed E-state index contributed by atoms with van der Waals surface area (Å²) in [5, 5.41) is 14.1. The van der Waals surface area contributed by atoms with Crippen molar-refractivity contribution in [2.45, 2.75) is 38.3 Å². The summed E-state index contributed by atoms with van der Waals surface area (Å²) >= 11 is 0. The van der Waals surface area contributed by atoms with Gasteiger partial charge in [0.2, 0.25) is 5.82 Å². The molecule has 98 valence electrons. The van der Waals surface area contributed by atoms with Crippen molar-refractivity contribution in [2.75, 3.05) is 12.4 Å². The first kappa shape index (κ1) is 12.8. The average molecular weight is 251 g/mol. The van der Waals surface area contributed by atoms with Crippen LogP contribution in [0.1, 0.15) is 25.0 Å². The van der Waals surface area contributed by atoms with Crippen molar-refractivity contribution in [2.24, 2.45) is 0 Å². The van der Waals surface area contributed by atoms with Gasteiger partial charge in [0, 0.05) is 18.9 Å². The number of hydrogen-bond donors (Lipinski definition) is 1. The van der Waals surface area contributed by atoms with Gasteiger partial charge in [0.05, 0.1) is 17.1 Å². The van der Waals surface area contributed by atoms with Crippen LogP contribution in [-0.4, -0.2) is 29.2 Å². The van der Waals surface area contributed by atoms with Gasteiger partial charge in [-0.3, -0.25) is 10.1 Å². The summed E-state index contributed by atoms with van der Waals surface area (Å²) in [4.78, 5) is 14.8. The highest BCUT2D eigenvalue weighted by atomic mass is 16.6. The fourth-order valence-electron chi connectivity index (χ4n) is 2.35. The number of ether oxygens (including phenoxy) is 1. The van der Waals surface area contributed by atoms with Crippen molar-refractivity contribution in [3.05, 3.63) is 27.9 Å². The number of nitrogens with zero attached hydrogens (tertiary/aromatic N) is 2. The largest absolute Gasteiger partial charge is 0.379 e. The van der Waals surface area contributed by atoms with Crippen LogP contribution < -0.4 is 5.32 Å². The topological polar surface area (TPSA) is 77.3 Å². The average Bonchev–Trinajstić information content (AvgIpc) is 2.76. The van der Waals surface area contributed by atoms with Crippen LogP contribution in [0.3, 0.4) is 0 Å². The van der Waals surface area contributed by atoms with Gasteiger partial charge in [0.15, 0.2) is 0 Å². The maximum atomic E-state index is 11.0. The van der Waals surface area contributed by atoms with Crippen molar-refractivity contribution < 1.29 is 9.66 Å². The van der Waals surface area contributed by atoms with E-state index in [9.17, 15) is 10.1 Å². The molecule has 0 radical (unpaired) electrons. The van der Waals surface area contributed by atoms with E-state index in [1.54, 1.807) is 13.2 Å². The summed E-state index contributed by atoms with van der Waals surface area (Å²) in [6, 6.07) is 3.23. The zero-order valence-electron chi connectivity index (χ0n) is 10.5. The molecule has 1 fully saturated rings. The fraction of sp³-hybridized carbons (Fsp3) is 0.583. The Bertz CT molecular complexity index is 450. The lowest BCUT2D eigenvalue weighted by Crippen LogP contribution is -2.30. The maximum absolute atomic E-state index is 11.0. The quantitative estimate of drug-likeness (QED) is 0.656. The zero-order chi connectivity index (χ0) is 13.1. The molecule has 1 aromatic rings. The van der Waals surface area contributed by atoms with E-state index in [2.05, 4.69) is 10.3 Å². The Hall–Kier alpha value is -1.69. The number of hydrogen-bond acceptors (Lipinski definition) is 5. The highest BCUT2D eigenvalue weighted by molar-refractivity contribution is 5.56. The lowest BCUT2D eigenvalue weighted by Gasteiger charge is -2.20. The van der Waals surface area contributed by atoms with Gasteiger partial charge in [-0.1, -0.05) is 0 Å². The molecule has 0 bridgehead atoms. The maximum Gasteiger partial charge on any atom is 0.311 e. The second-order valence-corrected chi connectivity index (χ2v) is 4.53. The Labute approximate surface area is 106 Å². The van der Waals surface area contributed by atoms with Crippen LogP contribution in [0, 0.1) is 17.0 Å². The molecule has 1 N–H and O–H groups in total. The van der Waals surface area contributed by atoms with E-state index >= 15 is 0 Å². The number of rotatable bonds is 4. The Morgan fingerprint density at radius 1 is 1.50 bits per heavy atom. The molecule has 1 aliphatic rings. The molecular weight excluding hydrogens is 234 g/mol. The number of nitro groups is 1. The molecule has 18 heavy (non-hydrogen) atoms. The predicted molar refractivity (Wildman–Crippen MR) is 67.7 cm³/mol. The standard InChI is InChI=1S/C12H17N3O3/c1-8-6-7-10(15(16)17)12(13-8)14-9-4-3-5-11(9)18-2/h6-7,9,11H,3-5H2,1-2H3,(H,13,14). The van der Waals surface area contributed by atoms with Crippen LogP contribution in [-0.2, 0) is 4.74 Å². The second kappa shape index (κ2) is 5.30. The Balaban J connectivity index is 2.22. The molecule has 1 saturated carbocycles. The Morgan fingerprint density at radius 2 is 2.28 bits per heavy atom. The summed E-state index contributed by atoms with van der Waals surface area (Å²) < 4.78 is 5.37. The molecule has 0 aromatic carbocycles. The predicted octanol–water partition coefficient (Wildman–Crippen LogP) is 2.28. The fourth-order valence-corrected chi connectivity index (χ4v) is 2.35. The highest BCUT2D eigenvalue weighted by Gasteiger charge is 2.29. The Morgan fingerprint density at radius 3 is 2.94 bits per heavy atom. The van der Waals surface area contributed by atoms with E-state index in [1.165, 1.54) is 6.07 Å². The van der Waals surface area contributed by atoms with Gasteiger partial charge >= 0.3 is 5.69 Å². The SMILES string of the molecule is COC1CCCC1Nc1nc(C)ccc1[N+](=O)[O-]. The van der Waals surface area contributed by atoms with Gasteiger partial charge in [-0.2, -0.15) is 0 Å². The number of pyridine rings is 1. The number of anilines is 1. The van der Waals surface area contributed by atoms with Crippen LogP contribution in [0.15, 0.2) is 12.1 Å². The summed E-state index contributed by atoms with van der Waals surface area (Å²) in [7, 11) is 1.67. The van der Waals surface area contributed by atoms with Gasteiger partial charge in [0.1, 0.15) is 0 Å². The van der Waals surface area contributed by atoms with Gasteiger partial charge in [-0.15, -0.1) is 0 Å². The number of aryl methyl sites for hydroxylation is 1. The molecular formula is C12H17N3O3. The molecule has 1 aromatic heterocycles. The molecule has 0 saturated heterocycles. The minimum atomic E-state index is -0.411. The normalized spacial score (nSPS) is 23.0. The van der Waals surface area contributed by atoms with E-state index in [4.69, 9.17) is 4.74 Å². The smallest absolute Gasteiger partial charge is 0.311 e. The summed E-state index contributed by atoms with van der Waals surface area (Å²) in [6.07, 6.45) is 3.10. The highest BCUT2D eigenvalue weighted by Crippen LogP contribution is 2.28. The lowest BCUT2D eigenvalue weighted by atomic mass is 10.2. The van der Waals surface area contributed by atoms with Crippen molar-refractivity contribution in [1.29, 1.82) is 0 Å². The van der Waals surface area contributed by atoms with Crippen molar-refractivity contribution >= 4 is 11.5 Å². The van der Waals surface area contributed by atoms with E-state index < -0.39 is 4.92 Å². The van der Waals surface area contributed by atoms with Crippen LogP contribution in [0.4, 0.5) is 11.5 Å². The minimum Gasteiger partial charge on any atom is -0.379 e. The van der Waals surface area contributed by atoms with Crippen LogP contribution in [0.25, 0.3) is 0 Å². The van der Waals surface area contributed by atoms with Gasteiger partial charge in [0.25, 0.3) is 0 Å². The third kappa shape index (κ3) is 2.59. The van der Waals surface area contributed by atoms with Gasteiger partial charge < -0.3 is 10.1 Å². The van der Waals surface area contributed by atoms with E-state index in [1.807, 2.05) is 6.92 Å². The summed E-state index contributed by atoms with van der Waals surface area (Å²) in [6.45, 7) is 1.82. The van der Waals surface area contributed by atoms with E-state index in [-0.39, 0.29) is 17.8 Å². The molecule has 6 nitrogen and oxygen atoms in total. The second-order valence-electron chi connectivity index (χ2n) is 4.53. The van der Waals surface area contributed by atoms with Crippen LogP contribution >= 0.6 is 0 Å². The molecule has 2 unspecified atom stereocenters. The number of methoxy groups -OCH3 is 1.